The molecule has 0 fully saturated rings. The SMILES string of the molecule is CC.CC(C)c1cn2cnnc2cn1. The second kappa shape index (κ2) is 4.69. The van der Waals surface area contributed by atoms with Gasteiger partial charge in [0, 0.05) is 6.20 Å². The lowest BCUT2D eigenvalue weighted by Crippen LogP contribution is -1.95. The first-order valence-corrected chi connectivity index (χ1v) is 4.92. The first kappa shape index (κ1) is 10.6. The molecule has 76 valence electrons. The summed E-state index contributed by atoms with van der Waals surface area (Å²) in [6.45, 7) is 8.22. The third-order valence-electron chi connectivity index (χ3n) is 1.79. The first-order chi connectivity index (χ1) is 6.77. The summed E-state index contributed by atoms with van der Waals surface area (Å²) in [6, 6.07) is 0. The van der Waals surface area contributed by atoms with Gasteiger partial charge in [0.1, 0.15) is 6.33 Å². The maximum absolute atomic E-state index is 4.26. The van der Waals surface area contributed by atoms with Gasteiger partial charge in [-0.15, -0.1) is 10.2 Å². The van der Waals surface area contributed by atoms with Crippen LogP contribution in [0.3, 0.4) is 0 Å². The van der Waals surface area contributed by atoms with E-state index in [9.17, 15) is 0 Å². The lowest BCUT2D eigenvalue weighted by Gasteiger charge is -2.02. The summed E-state index contributed by atoms with van der Waals surface area (Å²) in [5.74, 6) is 0.441. The van der Waals surface area contributed by atoms with E-state index >= 15 is 0 Å². The van der Waals surface area contributed by atoms with E-state index in [1.54, 1.807) is 12.5 Å². The Morgan fingerprint density at radius 3 is 2.64 bits per heavy atom. The highest BCUT2D eigenvalue weighted by molar-refractivity contribution is 5.33. The van der Waals surface area contributed by atoms with Gasteiger partial charge in [0.15, 0.2) is 5.65 Å². The second-order valence-electron chi connectivity index (χ2n) is 3.06. The van der Waals surface area contributed by atoms with E-state index in [-0.39, 0.29) is 0 Å². The molecular weight excluding hydrogens is 176 g/mol. The summed E-state index contributed by atoms with van der Waals surface area (Å²) >= 11 is 0. The van der Waals surface area contributed by atoms with E-state index in [0.717, 1.165) is 11.3 Å². The second-order valence-corrected chi connectivity index (χ2v) is 3.06. The fourth-order valence-electron chi connectivity index (χ4n) is 1.05. The number of hydrogen-bond donors (Lipinski definition) is 0. The molecule has 0 N–H and O–H groups in total. The maximum Gasteiger partial charge on any atom is 0.179 e. The van der Waals surface area contributed by atoms with E-state index in [1.165, 1.54) is 0 Å². The average Bonchev–Trinajstić information content (AvgIpc) is 2.67. The van der Waals surface area contributed by atoms with Gasteiger partial charge in [0.2, 0.25) is 0 Å². The standard InChI is InChI=1S/C8H10N4.C2H6/c1-6(2)7-4-12-5-10-11-8(12)3-9-7;1-2/h3-6H,1-2H3;1-2H3. The predicted molar refractivity (Wildman–Crippen MR) is 56.2 cm³/mol. The third-order valence-corrected chi connectivity index (χ3v) is 1.79. The molecule has 0 aliphatic heterocycles. The zero-order chi connectivity index (χ0) is 10.6. The molecule has 0 bridgehead atoms. The van der Waals surface area contributed by atoms with Crippen molar-refractivity contribution in [1.29, 1.82) is 0 Å². The van der Waals surface area contributed by atoms with Crippen molar-refractivity contribution in [3.63, 3.8) is 0 Å². The zero-order valence-corrected chi connectivity index (χ0v) is 9.10. The predicted octanol–water partition coefficient (Wildman–Crippen LogP) is 2.27. The van der Waals surface area contributed by atoms with Crippen molar-refractivity contribution >= 4 is 5.65 Å². The number of aromatic nitrogens is 4. The highest BCUT2D eigenvalue weighted by Gasteiger charge is 2.02. The molecule has 0 amide bonds. The Labute approximate surface area is 84.0 Å². The van der Waals surface area contributed by atoms with Gasteiger partial charge < -0.3 is 0 Å². The van der Waals surface area contributed by atoms with E-state index in [1.807, 2.05) is 24.4 Å². The first-order valence-electron chi connectivity index (χ1n) is 4.92. The van der Waals surface area contributed by atoms with Gasteiger partial charge in [-0.05, 0) is 5.92 Å². The molecule has 0 aliphatic rings. The van der Waals surface area contributed by atoms with Gasteiger partial charge in [0.25, 0.3) is 0 Å². The van der Waals surface area contributed by atoms with Crippen LogP contribution in [0.25, 0.3) is 5.65 Å². The van der Waals surface area contributed by atoms with E-state index in [0.29, 0.717) is 5.92 Å². The van der Waals surface area contributed by atoms with Gasteiger partial charge >= 0.3 is 0 Å². The van der Waals surface area contributed by atoms with Gasteiger partial charge in [-0.2, -0.15) is 0 Å². The van der Waals surface area contributed by atoms with Crippen LogP contribution in [0.4, 0.5) is 0 Å². The van der Waals surface area contributed by atoms with E-state index < -0.39 is 0 Å². The highest BCUT2D eigenvalue weighted by Crippen LogP contribution is 2.10. The molecule has 2 heterocycles. The van der Waals surface area contributed by atoms with Gasteiger partial charge in [0.05, 0.1) is 11.9 Å². The van der Waals surface area contributed by atoms with Crippen LogP contribution >= 0.6 is 0 Å². The number of hydrogen-bond acceptors (Lipinski definition) is 3. The molecule has 0 aromatic carbocycles. The fraction of sp³-hybridized carbons (Fsp3) is 0.500. The van der Waals surface area contributed by atoms with Crippen LogP contribution in [0, 0.1) is 0 Å². The minimum Gasteiger partial charge on any atom is -0.286 e. The minimum atomic E-state index is 0.441. The van der Waals surface area contributed by atoms with Crippen molar-refractivity contribution in [1.82, 2.24) is 19.6 Å². The lowest BCUT2D eigenvalue weighted by molar-refractivity contribution is 0.808. The molecule has 2 aromatic heterocycles. The molecule has 0 saturated heterocycles. The number of rotatable bonds is 1. The minimum absolute atomic E-state index is 0.441. The van der Waals surface area contributed by atoms with Crippen LogP contribution in [-0.4, -0.2) is 19.6 Å². The van der Waals surface area contributed by atoms with Crippen molar-refractivity contribution in [3.8, 4) is 0 Å². The van der Waals surface area contributed by atoms with E-state index in [4.69, 9.17) is 0 Å². The van der Waals surface area contributed by atoms with Crippen LogP contribution in [0.15, 0.2) is 18.7 Å². The highest BCUT2D eigenvalue weighted by atomic mass is 15.2. The molecule has 0 atom stereocenters. The Kier molecular flexibility index (Phi) is 3.56. The maximum atomic E-state index is 4.26. The molecule has 4 nitrogen and oxygen atoms in total. The smallest absolute Gasteiger partial charge is 0.179 e. The zero-order valence-electron chi connectivity index (χ0n) is 9.10. The molecule has 0 spiro atoms. The summed E-state index contributed by atoms with van der Waals surface area (Å²) in [5.41, 5.74) is 1.85. The average molecular weight is 192 g/mol. The molecule has 0 aliphatic carbocycles. The third kappa shape index (κ3) is 2.07. The van der Waals surface area contributed by atoms with Gasteiger partial charge in [-0.1, -0.05) is 27.7 Å². The van der Waals surface area contributed by atoms with E-state index in [2.05, 4.69) is 29.0 Å². The van der Waals surface area contributed by atoms with Gasteiger partial charge in [-0.3, -0.25) is 9.38 Å². The molecule has 14 heavy (non-hydrogen) atoms. The largest absolute Gasteiger partial charge is 0.286 e. The van der Waals surface area contributed by atoms with Crippen LogP contribution in [-0.2, 0) is 0 Å². The summed E-state index contributed by atoms with van der Waals surface area (Å²) in [4.78, 5) is 4.26. The molecule has 0 saturated carbocycles. The van der Waals surface area contributed by atoms with Crippen molar-refractivity contribution in [2.75, 3.05) is 0 Å². The van der Waals surface area contributed by atoms with Crippen LogP contribution in [0.5, 0.6) is 0 Å². The summed E-state index contributed by atoms with van der Waals surface area (Å²) in [5, 5.41) is 7.64. The fourth-order valence-corrected chi connectivity index (χ4v) is 1.05. The van der Waals surface area contributed by atoms with Crippen molar-refractivity contribution in [2.45, 2.75) is 33.6 Å². The lowest BCUT2D eigenvalue weighted by atomic mass is 10.1. The Balaban J connectivity index is 0.000000461. The summed E-state index contributed by atoms with van der Waals surface area (Å²) < 4.78 is 1.88. The topological polar surface area (TPSA) is 43.1 Å². The normalized spacial score (nSPS) is 10.1. The Morgan fingerprint density at radius 1 is 1.29 bits per heavy atom. The van der Waals surface area contributed by atoms with Crippen LogP contribution in [0.1, 0.15) is 39.3 Å². The molecule has 2 rings (SSSR count). The monoisotopic (exact) mass is 192 g/mol. The van der Waals surface area contributed by atoms with Crippen molar-refractivity contribution < 1.29 is 0 Å². The molecule has 4 heteroatoms. The quantitative estimate of drug-likeness (QED) is 0.696. The molecular formula is C10H16N4. The van der Waals surface area contributed by atoms with Crippen LogP contribution in [0.2, 0.25) is 0 Å². The number of nitrogens with zero attached hydrogens (tertiary/aromatic N) is 4. The Morgan fingerprint density at radius 2 is 2.00 bits per heavy atom. The molecule has 0 radical (unpaired) electrons. The summed E-state index contributed by atoms with van der Waals surface area (Å²) in [6.07, 6.45) is 5.38. The van der Waals surface area contributed by atoms with Crippen LogP contribution < -0.4 is 0 Å². The molecule has 0 unspecified atom stereocenters. The van der Waals surface area contributed by atoms with Crippen molar-refractivity contribution in [2.24, 2.45) is 0 Å². The summed E-state index contributed by atoms with van der Waals surface area (Å²) in [7, 11) is 0. The number of fused-ring (bicyclic) bond motifs is 1. The van der Waals surface area contributed by atoms with Crippen molar-refractivity contribution in [3.05, 3.63) is 24.4 Å². The Hall–Kier alpha value is -1.45. The Bertz CT molecular complexity index is 392. The molecule has 2 aromatic rings. The van der Waals surface area contributed by atoms with Gasteiger partial charge in [-0.25, -0.2) is 0 Å².